The summed E-state index contributed by atoms with van der Waals surface area (Å²) in [5.74, 6) is 0. The predicted molar refractivity (Wildman–Crippen MR) is 99.1 cm³/mol. The molecule has 0 spiro atoms. The molecule has 1 aromatic carbocycles. The lowest BCUT2D eigenvalue weighted by atomic mass is 9.92. The van der Waals surface area contributed by atoms with Crippen LogP contribution in [0.15, 0.2) is 24.3 Å². The number of alkyl halides is 1. The Morgan fingerprint density at radius 2 is 1.82 bits per heavy atom. The maximum Gasteiger partial charge on any atom is 0.0726 e. The third-order valence-electron chi connectivity index (χ3n) is 4.53. The summed E-state index contributed by atoms with van der Waals surface area (Å²) in [7, 11) is 0. The molecular weight excluding hydrogens is 336 g/mol. The molecule has 1 heterocycles. The van der Waals surface area contributed by atoms with E-state index in [0.717, 1.165) is 23.8 Å². The van der Waals surface area contributed by atoms with Crippen LogP contribution in [0.4, 0.5) is 5.69 Å². The van der Waals surface area contributed by atoms with E-state index >= 15 is 0 Å². The molecule has 0 fully saturated rings. The summed E-state index contributed by atoms with van der Waals surface area (Å²) >= 11 is 3.50. The first-order valence-electron chi connectivity index (χ1n) is 8.60. The highest BCUT2D eigenvalue weighted by molar-refractivity contribution is 9.09. The number of aryl methyl sites for hydroxylation is 1. The molecule has 0 radical (unpaired) electrons. The topological polar surface area (TPSA) is 24.9 Å². The second-order valence-electron chi connectivity index (χ2n) is 6.17. The van der Waals surface area contributed by atoms with Gasteiger partial charge in [-0.05, 0) is 50.2 Å². The van der Waals surface area contributed by atoms with Crippen molar-refractivity contribution >= 4 is 32.5 Å². The van der Waals surface area contributed by atoms with Crippen molar-refractivity contribution in [1.82, 2.24) is 4.98 Å². The third-order valence-corrected chi connectivity index (χ3v) is 5.09. The molecule has 3 rings (SSSR count). The number of unbranched alkanes of at least 4 members (excludes halogenated alkanes) is 3. The molecule has 118 valence electrons. The molecule has 2 aromatic rings. The van der Waals surface area contributed by atoms with Gasteiger partial charge in [0.05, 0.1) is 5.52 Å². The van der Waals surface area contributed by atoms with E-state index in [2.05, 4.69) is 45.5 Å². The molecule has 0 bridgehead atoms. The van der Waals surface area contributed by atoms with Crippen LogP contribution < -0.4 is 5.32 Å². The Morgan fingerprint density at radius 3 is 2.73 bits per heavy atom. The molecule has 1 aliphatic carbocycles. The Morgan fingerprint density at radius 1 is 1.00 bits per heavy atom. The van der Waals surface area contributed by atoms with Gasteiger partial charge in [-0.2, -0.15) is 0 Å². The largest absolute Gasteiger partial charge is 0.384 e. The Kier molecular flexibility index (Phi) is 5.71. The first-order chi connectivity index (χ1) is 10.9. The average molecular weight is 361 g/mol. The Hall–Kier alpha value is -1.09. The summed E-state index contributed by atoms with van der Waals surface area (Å²) in [6, 6.07) is 8.57. The van der Waals surface area contributed by atoms with Crippen molar-refractivity contribution in [3.63, 3.8) is 0 Å². The van der Waals surface area contributed by atoms with Crippen LogP contribution in [0.1, 0.15) is 49.8 Å². The molecule has 1 N–H and O–H groups in total. The van der Waals surface area contributed by atoms with Crippen LogP contribution in [0.3, 0.4) is 0 Å². The van der Waals surface area contributed by atoms with Crippen LogP contribution in [0.25, 0.3) is 10.9 Å². The SMILES string of the molecule is BrCCCCCCNc1c2c(nc3ccccc13)CCCC2. The van der Waals surface area contributed by atoms with E-state index in [1.54, 1.807) is 0 Å². The predicted octanol–water partition coefficient (Wildman–Crippen LogP) is 5.48. The number of hydrogen-bond donors (Lipinski definition) is 1. The number of hydrogen-bond acceptors (Lipinski definition) is 2. The molecule has 0 unspecified atom stereocenters. The van der Waals surface area contributed by atoms with E-state index in [1.807, 2.05) is 0 Å². The summed E-state index contributed by atoms with van der Waals surface area (Å²) in [5, 5.41) is 6.16. The Bertz CT molecular complexity index is 624. The molecule has 0 saturated heterocycles. The van der Waals surface area contributed by atoms with Gasteiger partial charge in [0.25, 0.3) is 0 Å². The number of nitrogens with one attached hydrogen (secondary N) is 1. The maximum absolute atomic E-state index is 4.90. The third kappa shape index (κ3) is 3.62. The molecule has 0 atom stereocenters. The number of anilines is 1. The van der Waals surface area contributed by atoms with E-state index in [9.17, 15) is 0 Å². The number of benzene rings is 1. The summed E-state index contributed by atoms with van der Waals surface area (Å²) in [4.78, 5) is 4.90. The van der Waals surface area contributed by atoms with Gasteiger partial charge in [-0.15, -0.1) is 0 Å². The lowest BCUT2D eigenvalue weighted by Crippen LogP contribution is -2.12. The second-order valence-corrected chi connectivity index (χ2v) is 6.96. The lowest BCUT2D eigenvalue weighted by Gasteiger charge is -2.21. The minimum absolute atomic E-state index is 1.07. The van der Waals surface area contributed by atoms with Crippen molar-refractivity contribution in [2.24, 2.45) is 0 Å². The molecular formula is C19H25BrN2. The quantitative estimate of drug-likeness (QED) is 0.522. The van der Waals surface area contributed by atoms with Gasteiger partial charge in [-0.1, -0.05) is 47.0 Å². The molecule has 0 saturated carbocycles. The molecule has 0 aliphatic heterocycles. The zero-order chi connectivity index (χ0) is 15.2. The van der Waals surface area contributed by atoms with Gasteiger partial charge in [0.2, 0.25) is 0 Å². The van der Waals surface area contributed by atoms with Crippen LogP contribution in [0.2, 0.25) is 0 Å². The fourth-order valence-corrected chi connectivity index (χ4v) is 3.76. The van der Waals surface area contributed by atoms with Crippen LogP contribution in [-0.4, -0.2) is 16.9 Å². The molecule has 0 amide bonds. The number of nitrogens with zero attached hydrogens (tertiary/aromatic N) is 1. The van der Waals surface area contributed by atoms with Gasteiger partial charge < -0.3 is 5.32 Å². The smallest absolute Gasteiger partial charge is 0.0726 e. The van der Waals surface area contributed by atoms with Crippen molar-refractivity contribution in [1.29, 1.82) is 0 Å². The van der Waals surface area contributed by atoms with Gasteiger partial charge in [0.15, 0.2) is 0 Å². The summed E-state index contributed by atoms with van der Waals surface area (Å²) in [6.07, 6.45) is 10.1. The number of pyridine rings is 1. The van der Waals surface area contributed by atoms with E-state index in [-0.39, 0.29) is 0 Å². The summed E-state index contributed by atoms with van der Waals surface area (Å²) in [6.45, 7) is 1.07. The normalized spacial score (nSPS) is 14.0. The number of fused-ring (bicyclic) bond motifs is 2. The summed E-state index contributed by atoms with van der Waals surface area (Å²) in [5.41, 5.74) is 5.31. The van der Waals surface area contributed by atoms with Gasteiger partial charge in [-0.25, -0.2) is 0 Å². The van der Waals surface area contributed by atoms with Crippen molar-refractivity contribution in [3.8, 4) is 0 Å². The molecule has 1 aromatic heterocycles. The average Bonchev–Trinajstić information content (AvgIpc) is 2.57. The van der Waals surface area contributed by atoms with Crippen LogP contribution >= 0.6 is 15.9 Å². The van der Waals surface area contributed by atoms with Gasteiger partial charge in [0.1, 0.15) is 0 Å². The van der Waals surface area contributed by atoms with Crippen molar-refractivity contribution in [2.75, 3.05) is 17.2 Å². The second kappa shape index (κ2) is 7.96. The highest BCUT2D eigenvalue weighted by atomic mass is 79.9. The van der Waals surface area contributed by atoms with Crippen molar-refractivity contribution in [2.45, 2.75) is 51.4 Å². The zero-order valence-corrected chi connectivity index (χ0v) is 14.8. The van der Waals surface area contributed by atoms with Crippen LogP contribution in [0, 0.1) is 0 Å². The van der Waals surface area contributed by atoms with Gasteiger partial charge in [-0.3, -0.25) is 4.98 Å². The molecule has 22 heavy (non-hydrogen) atoms. The van der Waals surface area contributed by atoms with Crippen molar-refractivity contribution < 1.29 is 0 Å². The lowest BCUT2D eigenvalue weighted by molar-refractivity contribution is 0.668. The molecule has 1 aliphatic rings. The van der Waals surface area contributed by atoms with Gasteiger partial charge >= 0.3 is 0 Å². The fourth-order valence-electron chi connectivity index (χ4n) is 3.36. The number of rotatable bonds is 7. The minimum atomic E-state index is 1.07. The van der Waals surface area contributed by atoms with E-state index < -0.39 is 0 Å². The molecule has 2 nitrogen and oxygen atoms in total. The number of aromatic nitrogens is 1. The standard InChI is InChI=1S/C19H25BrN2/c20-13-7-1-2-8-14-21-19-15-9-3-5-11-17(15)22-18-12-6-4-10-16(18)19/h3,5,9,11H,1-2,4,6-8,10,12-14H2,(H,21,22). The van der Waals surface area contributed by atoms with Crippen molar-refractivity contribution in [3.05, 3.63) is 35.5 Å². The Balaban J connectivity index is 1.77. The van der Waals surface area contributed by atoms with E-state index in [0.29, 0.717) is 0 Å². The summed E-state index contributed by atoms with van der Waals surface area (Å²) < 4.78 is 0. The van der Waals surface area contributed by atoms with E-state index in [1.165, 1.54) is 67.3 Å². The first-order valence-corrected chi connectivity index (χ1v) is 9.72. The minimum Gasteiger partial charge on any atom is -0.384 e. The maximum atomic E-state index is 4.90. The first kappa shape index (κ1) is 15.8. The fraction of sp³-hybridized carbons (Fsp3) is 0.526. The Labute approximate surface area is 141 Å². The van der Waals surface area contributed by atoms with E-state index in [4.69, 9.17) is 4.98 Å². The molecule has 3 heteroatoms. The number of para-hydroxylation sites is 1. The van der Waals surface area contributed by atoms with Crippen LogP contribution in [0.5, 0.6) is 0 Å². The monoisotopic (exact) mass is 360 g/mol. The van der Waals surface area contributed by atoms with Crippen LogP contribution in [-0.2, 0) is 12.8 Å². The highest BCUT2D eigenvalue weighted by Crippen LogP contribution is 2.33. The highest BCUT2D eigenvalue weighted by Gasteiger charge is 2.17. The number of halogens is 1. The zero-order valence-electron chi connectivity index (χ0n) is 13.2. The van der Waals surface area contributed by atoms with Gasteiger partial charge in [0, 0.05) is 28.6 Å².